The maximum absolute atomic E-state index is 5.04. The highest BCUT2D eigenvalue weighted by Crippen LogP contribution is 2.16. The van der Waals surface area contributed by atoms with E-state index in [0.29, 0.717) is 6.04 Å². The van der Waals surface area contributed by atoms with Crippen LogP contribution in [0.25, 0.3) is 0 Å². The molecule has 0 saturated heterocycles. The molecule has 1 unspecified atom stereocenters. The van der Waals surface area contributed by atoms with Crippen LogP contribution < -0.4 is 10.6 Å². The average molecular weight is 292 g/mol. The van der Waals surface area contributed by atoms with Crippen LogP contribution in [-0.4, -0.2) is 58.8 Å². The van der Waals surface area contributed by atoms with E-state index in [-0.39, 0.29) is 0 Å². The molecule has 0 spiro atoms. The van der Waals surface area contributed by atoms with Gasteiger partial charge in [-0.05, 0) is 26.1 Å². The minimum atomic E-state index is 0.309. The van der Waals surface area contributed by atoms with Gasteiger partial charge in [0.25, 0.3) is 0 Å². The van der Waals surface area contributed by atoms with Gasteiger partial charge in [0.15, 0.2) is 5.96 Å². The summed E-state index contributed by atoms with van der Waals surface area (Å²) in [6, 6.07) is 10.8. The minimum absolute atomic E-state index is 0.309. The molecule has 2 N–H and O–H groups in total. The topological polar surface area (TPSA) is 48.9 Å². The molecule has 0 aliphatic rings. The van der Waals surface area contributed by atoms with Crippen molar-refractivity contribution in [3.05, 3.63) is 35.9 Å². The van der Waals surface area contributed by atoms with Crippen LogP contribution in [0.1, 0.15) is 18.0 Å². The van der Waals surface area contributed by atoms with E-state index in [0.717, 1.165) is 32.1 Å². The Labute approximate surface area is 128 Å². The maximum Gasteiger partial charge on any atom is 0.191 e. The highest BCUT2D eigenvalue weighted by atomic mass is 16.5. The first-order chi connectivity index (χ1) is 10.2. The van der Waals surface area contributed by atoms with E-state index < -0.39 is 0 Å². The van der Waals surface area contributed by atoms with Crippen LogP contribution in [0.4, 0.5) is 0 Å². The lowest BCUT2D eigenvalue weighted by Gasteiger charge is -2.26. The SMILES string of the molecule is CN=C(NCCCOC)NCC(c1ccccc1)N(C)C. The summed E-state index contributed by atoms with van der Waals surface area (Å²) in [6.45, 7) is 2.42. The van der Waals surface area contributed by atoms with Crippen molar-refractivity contribution in [3.63, 3.8) is 0 Å². The average Bonchev–Trinajstić information content (AvgIpc) is 2.50. The highest BCUT2D eigenvalue weighted by Gasteiger charge is 2.13. The summed E-state index contributed by atoms with van der Waals surface area (Å²) < 4.78 is 5.04. The third-order valence-electron chi connectivity index (χ3n) is 3.31. The number of ether oxygens (including phenoxy) is 1. The lowest BCUT2D eigenvalue weighted by atomic mass is 10.1. The van der Waals surface area contributed by atoms with E-state index in [1.54, 1.807) is 14.2 Å². The van der Waals surface area contributed by atoms with Crippen molar-refractivity contribution < 1.29 is 4.74 Å². The van der Waals surface area contributed by atoms with Crippen molar-refractivity contribution in [2.24, 2.45) is 4.99 Å². The molecule has 0 aromatic heterocycles. The van der Waals surface area contributed by atoms with Crippen molar-refractivity contribution in [2.45, 2.75) is 12.5 Å². The van der Waals surface area contributed by atoms with E-state index in [1.165, 1.54) is 5.56 Å². The molecule has 21 heavy (non-hydrogen) atoms. The number of likely N-dealkylation sites (N-methyl/N-ethyl adjacent to an activating group) is 1. The second-order valence-corrected chi connectivity index (χ2v) is 5.12. The summed E-state index contributed by atoms with van der Waals surface area (Å²) in [7, 11) is 7.69. The highest BCUT2D eigenvalue weighted by molar-refractivity contribution is 5.79. The Balaban J connectivity index is 2.49. The Morgan fingerprint density at radius 2 is 1.95 bits per heavy atom. The molecule has 1 aromatic rings. The summed E-state index contributed by atoms with van der Waals surface area (Å²) in [5, 5.41) is 6.67. The smallest absolute Gasteiger partial charge is 0.191 e. The molecule has 0 radical (unpaired) electrons. The molecule has 1 atom stereocenters. The maximum atomic E-state index is 5.04. The number of aliphatic imine (C=N–C) groups is 1. The van der Waals surface area contributed by atoms with Gasteiger partial charge in [0, 0.05) is 33.9 Å². The Hall–Kier alpha value is -1.59. The van der Waals surface area contributed by atoms with Gasteiger partial charge in [-0.15, -0.1) is 0 Å². The molecule has 5 nitrogen and oxygen atoms in total. The molecular formula is C16H28N4O. The number of hydrogen-bond acceptors (Lipinski definition) is 3. The van der Waals surface area contributed by atoms with Crippen LogP contribution in [0.3, 0.4) is 0 Å². The molecule has 1 aromatic carbocycles. The van der Waals surface area contributed by atoms with Gasteiger partial charge < -0.3 is 20.3 Å². The zero-order valence-electron chi connectivity index (χ0n) is 13.6. The van der Waals surface area contributed by atoms with Crippen molar-refractivity contribution in [2.75, 3.05) is 47.9 Å². The molecule has 118 valence electrons. The van der Waals surface area contributed by atoms with Gasteiger partial charge in [-0.25, -0.2) is 0 Å². The van der Waals surface area contributed by atoms with Crippen LogP contribution >= 0.6 is 0 Å². The zero-order valence-corrected chi connectivity index (χ0v) is 13.6. The zero-order chi connectivity index (χ0) is 15.5. The molecule has 0 aliphatic carbocycles. The molecule has 0 heterocycles. The molecule has 0 aliphatic heterocycles. The van der Waals surface area contributed by atoms with Crippen LogP contribution in [0.15, 0.2) is 35.3 Å². The summed E-state index contributed by atoms with van der Waals surface area (Å²) in [6.07, 6.45) is 0.965. The van der Waals surface area contributed by atoms with Crippen molar-refractivity contribution in [1.82, 2.24) is 15.5 Å². The third-order valence-corrected chi connectivity index (χ3v) is 3.31. The van der Waals surface area contributed by atoms with Crippen LogP contribution in [0.2, 0.25) is 0 Å². The largest absolute Gasteiger partial charge is 0.385 e. The van der Waals surface area contributed by atoms with Crippen molar-refractivity contribution in [3.8, 4) is 0 Å². The Morgan fingerprint density at radius 1 is 1.24 bits per heavy atom. The molecule has 0 bridgehead atoms. The molecule has 0 fully saturated rings. The van der Waals surface area contributed by atoms with Gasteiger partial charge in [-0.2, -0.15) is 0 Å². The number of guanidine groups is 1. The minimum Gasteiger partial charge on any atom is -0.385 e. The standard InChI is InChI=1S/C16H28N4O/c1-17-16(18-11-8-12-21-4)19-13-15(20(2)3)14-9-6-5-7-10-14/h5-7,9-10,15H,8,11-13H2,1-4H3,(H2,17,18,19). The summed E-state index contributed by atoms with van der Waals surface area (Å²) in [5.41, 5.74) is 1.30. The Bertz CT molecular complexity index is 406. The molecule has 1 rings (SSSR count). The molecule has 0 saturated carbocycles. The van der Waals surface area contributed by atoms with E-state index >= 15 is 0 Å². The monoisotopic (exact) mass is 292 g/mol. The fraction of sp³-hybridized carbons (Fsp3) is 0.562. The molecule has 5 heteroatoms. The van der Waals surface area contributed by atoms with Crippen molar-refractivity contribution in [1.29, 1.82) is 0 Å². The van der Waals surface area contributed by atoms with Crippen LogP contribution in [0, 0.1) is 0 Å². The van der Waals surface area contributed by atoms with Crippen LogP contribution in [-0.2, 0) is 4.74 Å². The first-order valence-electron chi connectivity index (χ1n) is 7.34. The fourth-order valence-corrected chi connectivity index (χ4v) is 2.11. The number of nitrogens with one attached hydrogen (secondary N) is 2. The second-order valence-electron chi connectivity index (χ2n) is 5.12. The van der Waals surface area contributed by atoms with E-state index in [9.17, 15) is 0 Å². The van der Waals surface area contributed by atoms with E-state index in [2.05, 4.69) is 58.9 Å². The summed E-state index contributed by atoms with van der Waals surface area (Å²) in [5.74, 6) is 0.828. The Morgan fingerprint density at radius 3 is 2.52 bits per heavy atom. The lowest BCUT2D eigenvalue weighted by molar-refractivity contribution is 0.195. The van der Waals surface area contributed by atoms with Crippen molar-refractivity contribution >= 4 is 5.96 Å². The van der Waals surface area contributed by atoms with Gasteiger partial charge in [-0.3, -0.25) is 4.99 Å². The van der Waals surface area contributed by atoms with E-state index in [1.807, 2.05) is 6.07 Å². The number of hydrogen-bond donors (Lipinski definition) is 2. The molecule has 0 amide bonds. The normalized spacial score (nSPS) is 13.3. The van der Waals surface area contributed by atoms with E-state index in [4.69, 9.17) is 4.74 Å². The second kappa shape index (κ2) is 10.2. The first kappa shape index (κ1) is 17.5. The number of rotatable bonds is 8. The predicted molar refractivity (Wildman–Crippen MR) is 88.7 cm³/mol. The quantitative estimate of drug-likeness (QED) is 0.433. The fourth-order valence-electron chi connectivity index (χ4n) is 2.11. The summed E-state index contributed by atoms with van der Waals surface area (Å²) in [4.78, 5) is 6.45. The number of benzene rings is 1. The van der Waals surface area contributed by atoms with Gasteiger partial charge in [0.1, 0.15) is 0 Å². The first-order valence-corrected chi connectivity index (χ1v) is 7.34. The predicted octanol–water partition coefficient (Wildman–Crippen LogP) is 1.49. The molecular weight excluding hydrogens is 264 g/mol. The Kier molecular flexibility index (Phi) is 8.47. The van der Waals surface area contributed by atoms with Gasteiger partial charge in [0.2, 0.25) is 0 Å². The van der Waals surface area contributed by atoms with Crippen LogP contribution in [0.5, 0.6) is 0 Å². The lowest BCUT2D eigenvalue weighted by Crippen LogP contribution is -2.42. The van der Waals surface area contributed by atoms with Gasteiger partial charge in [-0.1, -0.05) is 30.3 Å². The third kappa shape index (κ3) is 6.60. The van der Waals surface area contributed by atoms with Gasteiger partial charge in [0.05, 0.1) is 6.04 Å². The number of methoxy groups -OCH3 is 1. The number of nitrogens with zero attached hydrogens (tertiary/aromatic N) is 2. The summed E-state index contributed by atoms with van der Waals surface area (Å²) >= 11 is 0. The van der Waals surface area contributed by atoms with Gasteiger partial charge >= 0.3 is 0 Å².